The van der Waals surface area contributed by atoms with Crippen LogP contribution in [0, 0.1) is 11.8 Å². The number of hydrogen-bond acceptors (Lipinski definition) is 5. The molecule has 3 aromatic rings. The maximum atomic E-state index is 12.3. The molecule has 0 radical (unpaired) electrons. The zero-order chi connectivity index (χ0) is 21.3. The highest BCUT2D eigenvalue weighted by Gasteiger charge is 2.13. The number of nitrogens with zero attached hydrogens (tertiary/aromatic N) is 1. The van der Waals surface area contributed by atoms with Crippen LogP contribution in [0.4, 0.5) is 0 Å². The highest BCUT2D eigenvalue weighted by molar-refractivity contribution is 5.95. The van der Waals surface area contributed by atoms with Gasteiger partial charge in [-0.1, -0.05) is 36.1 Å². The van der Waals surface area contributed by atoms with Gasteiger partial charge in [-0.25, -0.2) is 0 Å². The Morgan fingerprint density at radius 1 is 1.10 bits per heavy atom. The number of amides is 2. The van der Waals surface area contributed by atoms with Crippen molar-refractivity contribution in [1.29, 1.82) is 0 Å². The fraction of sp³-hybridized carbons (Fsp3) is 0.136. The molecule has 1 heterocycles. The molecule has 152 valence electrons. The summed E-state index contributed by atoms with van der Waals surface area (Å²) in [6.07, 6.45) is 0. The minimum Gasteiger partial charge on any atom is -0.496 e. The lowest BCUT2D eigenvalue weighted by atomic mass is 10.1. The van der Waals surface area contributed by atoms with Crippen molar-refractivity contribution in [2.45, 2.75) is 0 Å². The number of para-hydroxylation sites is 2. The summed E-state index contributed by atoms with van der Waals surface area (Å²) in [5.41, 5.74) is 7.27. The monoisotopic (exact) mass is 404 g/mol. The van der Waals surface area contributed by atoms with E-state index in [2.05, 4.69) is 27.4 Å². The van der Waals surface area contributed by atoms with Gasteiger partial charge in [0.25, 0.3) is 11.8 Å². The Bertz CT molecular complexity index is 1110. The normalized spacial score (nSPS) is 9.90. The molecule has 0 spiro atoms. The molecule has 30 heavy (non-hydrogen) atoms. The number of H-pyrrole nitrogens is 1. The van der Waals surface area contributed by atoms with Crippen molar-refractivity contribution in [3.8, 4) is 34.6 Å². The van der Waals surface area contributed by atoms with Gasteiger partial charge in [0.15, 0.2) is 0 Å². The molecule has 0 atom stereocenters. The molecule has 3 rings (SSSR count). The smallest absolute Gasteiger partial charge is 0.270 e. The first-order valence-electron chi connectivity index (χ1n) is 9.04. The van der Waals surface area contributed by atoms with Crippen LogP contribution in [0.5, 0.6) is 11.5 Å². The topological polar surface area (TPSA) is 119 Å². The fourth-order valence-electron chi connectivity index (χ4n) is 2.68. The van der Waals surface area contributed by atoms with Crippen molar-refractivity contribution in [3.63, 3.8) is 0 Å². The zero-order valence-electron chi connectivity index (χ0n) is 16.3. The van der Waals surface area contributed by atoms with Crippen LogP contribution in [0.3, 0.4) is 0 Å². The molecule has 2 amide bonds. The first-order chi connectivity index (χ1) is 14.6. The molecular weight excluding hydrogens is 384 g/mol. The van der Waals surface area contributed by atoms with Gasteiger partial charge in [-0.05, 0) is 30.3 Å². The van der Waals surface area contributed by atoms with E-state index in [0.29, 0.717) is 22.9 Å². The van der Waals surface area contributed by atoms with E-state index in [-0.39, 0.29) is 24.6 Å². The number of aromatic nitrogens is 2. The zero-order valence-corrected chi connectivity index (χ0v) is 16.3. The van der Waals surface area contributed by atoms with Crippen molar-refractivity contribution in [2.75, 3.05) is 20.3 Å². The summed E-state index contributed by atoms with van der Waals surface area (Å²) in [6.45, 7) is 0.185. The summed E-state index contributed by atoms with van der Waals surface area (Å²) >= 11 is 0. The highest BCUT2D eigenvalue weighted by atomic mass is 16.5. The van der Waals surface area contributed by atoms with E-state index in [1.54, 1.807) is 37.4 Å². The van der Waals surface area contributed by atoms with Crippen LogP contribution in [0.15, 0.2) is 54.6 Å². The number of nitrogens with two attached hydrogens (primary N) is 1. The largest absolute Gasteiger partial charge is 0.496 e. The van der Waals surface area contributed by atoms with E-state index >= 15 is 0 Å². The Hall–Kier alpha value is -4.25. The van der Waals surface area contributed by atoms with E-state index in [1.807, 2.05) is 24.3 Å². The Kier molecular flexibility index (Phi) is 6.69. The number of carbonyl (C=O) groups is 2. The quantitative estimate of drug-likeness (QED) is 0.521. The van der Waals surface area contributed by atoms with Crippen molar-refractivity contribution in [3.05, 3.63) is 65.9 Å². The van der Waals surface area contributed by atoms with Crippen molar-refractivity contribution in [2.24, 2.45) is 5.73 Å². The van der Waals surface area contributed by atoms with Crippen LogP contribution in [-0.4, -0.2) is 42.3 Å². The van der Waals surface area contributed by atoms with Gasteiger partial charge < -0.3 is 20.5 Å². The van der Waals surface area contributed by atoms with Gasteiger partial charge in [0.1, 0.15) is 23.8 Å². The van der Waals surface area contributed by atoms with Crippen LogP contribution >= 0.6 is 0 Å². The molecule has 8 nitrogen and oxygen atoms in total. The fourth-order valence-corrected chi connectivity index (χ4v) is 2.68. The van der Waals surface area contributed by atoms with E-state index in [9.17, 15) is 9.59 Å². The van der Waals surface area contributed by atoms with E-state index < -0.39 is 5.91 Å². The third-order valence-electron chi connectivity index (χ3n) is 4.12. The predicted octanol–water partition coefficient (Wildman–Crippen LogP) is 2.00. The predicted molar refractivity (Wildman–Crippen MR) is 111 cm³/mol. The molecule has 4 N–H and O–H groups in total. The molecule has 0 aliphatic heterocycles. The summed E-state index contributed by atoms with van der Waals surface area (Å²) in [4.78, 5) is 23.6. The van der Waals surface area contributed by atoms with Gasteiger partial charge in [-0.3, -0.25) is 14.7 Å². The summed E-state index contributed by atoms with van der Waals surface area (Å²) in [5.74, 6) is 5.68. The molecule has 0 saturated carbocycles. The Labute approximate surface area is 173 Å². The highest BCUT2D eigenvalue weighted by Crippen LogP contribution is 2.28. The molecule has 0 saturated heterocycles. The SMILES string of the molecule is COc1ccccc1-c1cc(C(=O)NCC#CCOc2ccccc2C(N)=O)[nH]n1. The Morgan fingerprint density at radius 2 is 1.83 bits per heavy atom. The number of ether oxygens (including phenoxy) is 2. The maximum absolute atomic E-state index is 12.3. The van der Waals surface area contributed by atoms with Crippen LogP contribution in [0.1, 0.15) is 20.8 Å². The molecular formula is C22H20N4O4. The minimum atomic E-state index is -0.571. The van der Waals surface area contributed by atoms with Crippen LogP contribution in [0.2, 0.25) is 0 Å². The van der Waals surface area contributed by atoms with Crippen molar-refractivity contribution >= 4 is 11.8 Å². The lowest BCUT2D eigenvalue weighted by molar-refractivity contribution is 0.0952. The van der Waals surface area contributed by atoms with Crippen molar-refractivity contribution < 1.29 is 19.1 Å². The first-order valence-corrected chi connectivity index (χ1v) is 9.04. The van der Waals surface area contributed by atoms with Gasteiger partial charge in [-0.15, -0.1) is 0 Å². The number of primary amides is 1. The van der Waals surface area contributed by atoms with E-state index in [0.717, 1.165) is 5.56 Å². The third kappa shape index (κ3) is 4.97. The second-order valence-electron chi connectivity index (χ2n) is 6.05. The average molecular weight is 404 g/mol. The summed E-state index contributed by atoms with van der Waals surface area (Å²) in [6, 6.07) is 15.7. The summed E-state index contributed by atoms with van der Waals surface area (Å²) < 4.78 is 10.8. The Balaban J connectivity index is 1.52. The third-order valence-corrected chi connectivity index (χ3v) is 4.12. The van der Waals surface area contributed by atoms with Gasteiger partial charge in [0.2, 0.25) is 0 Å². The van der Waals surface area contributed by atoms with Crippen LogP contribution < -0.4 is 20.5 Å². The summed E-state index contributed by atoms with van der Waals surface area (Å²) in [7, 11) is 1.58. The van der Waals surface area contributed by atoms with Gasteiger partial charge in [0, 0.05) is 5.56 Å². The number of rotatable bonds is 7. The standard InChI is InChI=1S/C22H20N4O4/c1-29-19-10-4-2-8-15(19)17-14-18(26-25-17)22(28)24-12-6-7-13-30-20-11-5-3-9-16(20)21(23)27/h2-5,8-11,14H,12-13H2,1H3,(H2,23,27)(H,24,28)(H,25,26). The molecule has 2 aromatic carbocycles. The van der Waals surface area contributed by atoms with Gasteiger partial charge >= 0.3 is 0 Å². The Morgan fingerprint density at radius 3 is 2.60 bits per heavy atom. The number of hydrogen-bond donors (Lipinski definition) is 3. The van der Waals surface area contributed by atoms with Gasteiger partial charge in [0.05, 0.1) is 24.9 Å². The number of carbonyl (C=O) groups excluding carboxylic acids is 2. The lowest BCUT2D eigenvalue weighted by Gasteiger charge is -2.05. The molecule has 0 aliphatic carbocycles. The van der Waals surface area contributed by atoms with Crippen LogP contribution in [0.25, 0.3) is 11.3 Å². The lowest BCUT2D eigenvalue weighted by Crippen LogP contribution is -2.24. The number of nitrogens with one attached hydrogen (secondary N) is 2. The molecule has 0 fully saturated rings. The van der Waals surface area contributed by atoms with Crippen LogP contribution in [-0.2, 0) is 0 Å². The first kappa shape index (κ1) is 20.5. The number of methoxy groups -OCH3 is 1. The average Bonchev–Trinajstić information content (AvgIpc) is 3.26. The molecule has 0 aliphatic rings. The summed E-state index contributed by atoms with van der Waals surface area (Å²) in [5, 5.41) is 9.56. The molecule has 1 aromatic heterocycles. The van der Waals surface area contributed by atoms with E-state index in [1.165, 1.54) is 0 Å². The maximum Gasteiger partial charge on any atom is 0.270 e. The minimum absolute atomic E-state index is 0.0577. The molecule has 8 heteroatoms. The second kappa shape index (κ2) is 9.80. The number of aromatic amines is 1. The van der Waals surface area contributed by atoms with E-state index in [4.69, 9.17) is 15.2 Å². The van der Waals surface area contributed by atoms with Gasteiger partial charge in [-0.2, -0.15) is 5.10 Å². The molecule has 0 unspecified atom stereocenters. The molecule has 0 bridgehead atoms. The van der Waals surface area contributed by atoms with Crippen molar-refractivity contribution in [1.82, 2.24) is 15.5 Å². The second-order valence-corrected chi connectivity index (χ2v) is 6.05. The number of benzene rings is 2.